The van der Waals surface area contributed by atoms with Crippen molar-refractivity contribution >= 4 is 21.9 Å². The third-order valence-electron chi connectivity index (χ3n) is 3.60. The summed E-state index contributed by atoms with van der Waals surface area (Å²) in [5.74, 6) is 0.874. The summed E-state index contributed by atoms with van der Waals surface area (Å²) in [4.78, 5) is 12.6. The number of nitrogens with zero attached hydrogens (tertiary/aromatic N) is 2. The number of aromatic amines is 1. The Morgan fingerprint density at radius 3 is 2.65 bits per heavy atom. The maximum absolute atomic E-state index is 4.74. The van der Waals surface area contributed by atoms with Crippen molar-refractivity contribution in [3.8, 4) is 11.4 Å². The summed E-state index contributed by atoms with van der Waals surface area (Å²) in [5.41, 5.74) is 5.28. The van der Waals surface area contributed by atoms with E-state index in [0.717, 1.165) is 33.3 Å². The van der Waals surface area contributed by atoms with Crippen LogP contribution in [0.25, 0.3) is 33.3 Å². The van der Waals surface area contributed by atoms with E-state index in [-0.39, 0.29) is 0 Å². The lowest BCUT2D eigenvalue weighted by Gasteiger charge is -2.02. The maximum atomic E-state index is 4.74. The summed E-state index contributed by atoms with van der Waals surface area (Å²) in [6, 6.07) is 16.4. The molecule has 0 saturated carbocycles. The summed E-state index contributed by atoms with van der Waals surface area (Å²) in [7, 11) is 0. The van der Waals surface area contributed by atoms with Crippen molar-refractivity contribution in [1.82, 2.24) is 15.0 Å². The zero-order valence-corrected chi connectivity index (χ0v) is 11.1. The second kappa shape index (κ2) is 4.17. The van der Waals surface area contributed by atoms with Gasteiger partial charge in [0, 0.05) is 17.1 Å². The highest BCUT2D eigenvalue weighted by Gasteiger charge is 2.10. The van der Waals surface area contributed by atoms with E-state index in [4.69, 9.17) is 4.98 Å². The topological polar surface area (TPSA) is 41.6 Å². The Morgan fingerprint density at radius 2 is 1.75 bits per heavy atom. The third kappa shape index (κ3) is 1.60. The van der Waals surface area contributed by atoms with Gasteiger partial charge in [0.1, 0.15) is 5.82 Å². The number of hydrogen-bond acceptors (Lipinski definition) is 2. The molecule has 0 atom stereocenters. The predicted octanol–water partition coefficient (Wildman–Crippen LogP) is 4.09. The van der Waals surface area contributed by atoms with E-state index in [1.54, 1.807) is 0 Å². The van der Waals surface area contributed by atoms with Gasteiger partial charge < -0.3 is 4.98 Å². The van der Waals surface area contributed by atoms with Gasteiger partial charge in [-0.1, -0.05) is 30.3 Å². The van der Waals surface area contributed by atoms with Gasteiger partial charge in [0.15, 0.2) is 0 Å². The molecule has 0 fully saturated rings. The minimum absolute atomic E-state index is 0.874. The van der Waals surface area contributed by atoms with Gasteiger partial charge in [-0.2, -0.15) is 0 Å². The molecule has 96 valence electrons. The Kier molecular flexibility index (Phi) is 2.33. The molecule has 1 N–H and O–H groups in total. The number of nitrogens with one attached hydrogen (secondary N) is 1. The fourth-order valence-corrected chi connectivity index (χ4v) is 2.60. The number of H-pyrrole nitrogens is 1. The molecule has 3 nitrogen and oxygen atoms in total. The highest BCUT2D eigenvalue weighted by Crippen LogP contribution is 2.27. The van der Waals surface area contributed by atoms with Crippen LogP contribution in [0.1, 0.15) is 5.56 Å². The first-order valence-corrected chi connectivity index (χ1v) is 6.62. The lowest BCUT2D eigenvalue weighted by atomic mass is 10.1. The Morgan fingerprint density at radius 1 is 0.900 bits per heavy atom. The van der Waals surface area contributed by atoms with E-state index in [1.807, 2.05) is 24.4 Å². The van der Waals surface area contributed by atoms with Gasteiger partial charge in [-0.3, -0.25) is 4.98 Å². The van der Waals surface area contributed by atoms with Crippen LogP contribution in [0, 0.1) is 6.92 Å². The first-order valence-electron chi connectivity index (χ1n) is 6.62. The molecule has 20 heavy (non-hydrogen) atoms. The van der Waals surface area contributed by atoms with Crippen LogP contribution >= 0.6 is 0 Å². The summed E-state index contributed by atoms with van der Waals surface area (Å²) in [5, 5.41) is 1.13. The van der Waals surface area contributed by atoms with Crippen molar-refractivity contribution in [2.75, 3.05) is 0 Å². The van der Waals surface area contributed by atoms with Gasteiger partial charge >= 0.3 is 0 Å². The fraction of sp³-hybridized carbons (Fsp3) is 0.0588. The minimum atomic E-state index is 0.874. The molecule has 0 bridgehead atoms. The van der Waals surface area contributed by atoms with Gasteiger partial charge in [0.25, 0.3) is 0 Å². The standard InChI is InChI=1S/C17H13N3/c1-11-5-2-9-14-15(11)20-17(19-14)13-8-3-6-12-7-4-10-18-16(12)13/h2-10H,1H3,(H,19,20). The highest BCUT2D eigenvalue weighted by atomic mass is 14.9. The molecule has 4 aromatic rings. The van der Waals surface area contributed by atoms with Gasteiger partial charge in [0.05, 0.1) is 16.6 Å². The molecule has 4 rings (SSSR count). The summed E-state index contributed by atoms with van der Waals surface area (Å²) < 4.78 is 0. The van der Waals surface area contributed by atoms with Crippen LogP contribution in [-0.4, -0.2) is 15.0 Å². The van der Waals surface area contributed by atoms with Crippen LogP contribution in [0.4, 0.5) is 0 Å². The molecule has 0 aliphatic carbocycles. The van der Waals surface area contributed by atoms with E-state index in [1.165, 1.54) is 5.56 Å². The summed E-state index contributed by atoms with van der Waals surface area (Å²) >= 11 is 0. The molecule has 2 aromatic carbocycles. The highest BCUT2D eigenvalue weighted by molar-refractivity contribution is 5.93. The van der Waals surface area contributed by atoms with Crippen molar-refractivity contribution < 1.29 is 0 Å². The largest absolute Gasteiger partial charge is 0.338 e. The number of imidazole rings is 1. The fourth-order valence-electron chi connectivity index (χ4n) is 2.60. The molecule has 0 spiro atoms. The molecular formula is C17H13N3. The molecular weight excluding hydrogens is 246 g/mol. The van der Waals surface area contributed by atoms with Crippen molar-refractivity contribution in [3.63, 3.8) is 0 Å². The molecule has 0 amide bonds. The third-order valence-corrected chi connectivity index (χ3v) is 3.60. The van der Waals surface area contributed by atoms with Crippen LogP contribution in [0.2, 0.25) is 0 Å². The first kappa shape index (κ1) is 11.2. The van der Waals surface area contributed by atoms with Gasteiger partial charge in [-0.05, 0) is 30.7 Å². The molecule has 0 unspecified atom stereocenters. The van der Waals surface area contributed by atoms with E-state index < -0.39 is 0 Å². The van der Waals surface area contributed by atoms with Crippen LogP contribution in [0.15, 0.2) is 54.7 Å². The van der Waals surface area contributed by atoms with Gasteiger partial charge in [-0.15, -0.1) is 0 Å². The number of aromatic nitrogens is 3. The van der Waals surface area contributed by atoms with E-state index in [9.17, 15) is 0 Å². The normalized spacial score (nSPS) is 11.2. The minimum Gasteiger partial charge on any atom is -0.338 e. The molecule has 0 aliphatic rings. The average molecular weight is 259 g/mol. The number of benzene rings is 2. The SMILES string of the molecule is Cc1cccc2[nH]c(-c3cccc4cccnc34)nc12. The van der Waals surface area contributed by atoms with Crippen LogP contribution in [0.3, 0.4) is 0 Å². The smallest absolute Gasteiger partial charge is 0.140 e. The molecule has 0 aliphatic heterocycles. The molecule has 0 saturated heterocycles. The molecule has 2 aromatic heterocycles. The summed E-state index contributed by atoms with van der Waals surface area (Å²) in [6.45, 7) is 2.08. The van der Waals surface area contributed by atoms with Gasteiger partial charge in [0.2, 0.25) is 0 Å². The molecule has 3 heteroatoms. The number of para-hydroxylation sites is 2. The average Bonchev–Trinajstić information content (AvgIpc) is 2.92. The Bertz CT molecular complexity index is 916. The lowest BCUT2D eigenvalue weighted by molar-refractivity contribution is 1.32. The first-order chi connectivity index (χ1) is 9.83. The van der Waals surface area contributed by atoms with Crippen molar-refractivity contribution in [2.45, 2.75) is 6.92 Å². The second-order valence-electron chi connectivity index (χ2n) is 4.94. The molecule has 0 radical (unpaired) electrons. The van der Waals surface area contributed by atoms with Crippen LogP contribution in [-0.2, 0) is 0 Å². The number of hydrogen-bond donors (Lipinski definition) is 1. The summed E-state index contributed by atoms with van der Waals surface area (Å²) in [6.07, 6.45) is 1.82. The quantitative estimate of drug-likeness (QED) is 0.559. The maximum Gasteiger partial charge on any atom is 0.140 e. The van der Waals surface area contributed by atoms with E-state index in [0.29, 0.717) is 0 Å². The Labute approximate surface area is 116 Å². The number of pyridine rings is 1. The van der Waals surface area contributed by atoms with Crippen molar-refractivity contribution in [3.05, 3.63) is 60.3 Å². The Balaban J connectivity index is 2.04. The van der Waals surface area contributed by atoms with E-state index in [2.05, 4.69) is 47.2 Å². The van der Waals surface area contributed by atoms with Crippen LogP contribution < -0.4 is 0 Å². The van der Waals surface area contributed by atoms with Crippen molar-refractivity contribution in [1.29, 1.82) is 0 Å². The zero-order valence-electron chi connectivity index (χ0n) is 11.1. The van der Waals surface area contributed by atoms with E-state index >= 15 is 0 Å². The number of rotatable bonds is 1. The van der Waals surface area contributed by atoms with Crippen LogP contribution in [0.5, 0.6) is 0 Å². The number of aryl methyl sites for hydroxylation is 1. The lowest BCUT2D eigenvalue weighted by Crippen LogP contribution is -1.85. The zero-order chi connectivity index (χ0) is 13.5. The van der Waals surface area contributed by atoms with Gasteiger partial charge in [-0.25, -0.2) is 4.98 Å². The second-order valence-corrected chi connectivity index (χ2v) is 4.94. The predicted molar refractivity (Wildman–Crippen MR) is 81.6 cm³/mol. The monoisotopic (exact) mass is 259 g/mol. The number of fused-ring (bicyclic) bond motifs is 2. The van der Waals surface area contributed by atoms with Crippen molar-refractivity contribution in [2.24, 2.45) is 0 Å². The Hall–Kier alpha value is -2.68. The molecule has 2 heterocycles.